The number of hydrogen-bond donors (Lipinski definition) is 2. The molecule has 3 heteroatoms. The van der Waals surface area contributed by atoms with Crippen molar-refractivity contribution in [2.45, 2.75) is 77.6 Å². The van der Waals surface area contributed by atoms with Crippen LogP contribution in [0.2, 0.25) is 0 Å². The standard InChI is InChI=1S/C21H32.CH2O3/c1-13-19-6-17-5-18(7-19)12-21(13,11-17)20-8-14-2-15(9-20)4-16(3-14)10-20;2-1(3)4/h13-19H,2-12H2,1H3;(H2,2,3,4). The summed E-state index contributed by atoms with van der Waals surface area (Å²) in [6.07, 6.45) is 16.2. The van der Waals surface area contributed by atoms with Crippen molar-refractivity contribution in [2.75, 3.05) is 0 Å². The number of rotatable bonds is 1. The minimum Gasteiger partial charge on any atom is -0.450 e. The zero-order valence-electron chi connectivity index (χ0n) is 15.6. The highest BCUT2D eigenvalue weighted by Crippen LogP contribution is 2.76. The molecule has 0 aliphatic heterocycles. The summed E-state index contributed by atoms with van der Waals surface area (Å²) in [7, 11) is 0. The number of hydrogen-bond acceptors (Lipinski definition) is 1. The van der Waals surface area contributed by atoms with Crippen LogP contribution in [0.1, 0.15) is 77.6 Å². The third kappa shape index (κ3) is 2.33. The fourth-order valence-corrected chi connectivity index (χ4v) is 9.93. The second-order valence-corrected chi connectivity index (χ2v) is 11.0. The van der Waals surface area contributed by atoms with Gasteiger partial charge in [-0.25, -0.2) is 4.79 Å². The zero-order chi connectivity index (χ0) is 17.4. The molecule has 0 aromatic rings. The van der Waals surface area contributed by atoms with Gasteiger partial charge < -0.3 is 10.2 Å². The zero-order valence-corrected chi connectivity index (χ0v) is 15.6. The van der Waals surface area contributed by atoms with Crippen LogP contribution in [0.3, 0.4) is 0 Å². The first-order valence-corrected chi connectivity index (χ1v) is 10.8. The minimum atomic E-state index is -1.83. The summed E-state index contributed by atoms with van der Waals surface area (Å²) in [4.78, 5) is 8.56. The summed E-state index contributed by atoms with van der Waals surface area (Å²) in [6, 6.07) is 0. The van der Waals surface area contributed by atoms with Crippen LogP contribution in [0.15, 0.2) is 0 Å². The van der Waals surface area contributed by atoms with E-state index in [0.29, 0.717) is 0 Å². The van der Waals surface area contributed by atoms with Crippen LogP contribution in [-0.4, -0.2) is 16.4 Å². The van der Waals surface area contributed by atoms with Gasteiger partial charge in [-0.1, -0.05) is 6.92 Å². The summed E-state index contributed by atoms with van der Waals surface area (Å²) in [5.41, 5.74) is 1.65. The normalized spacial score (nSPS) is 57.2. The van der Waals surface area contributed by atoms with Crippen LogP contribution >= 0.6 is 0 Å². The van der Waals surface area contributed by atoms with Crippen molar-refractivity contribution in [1.29, 1.82) is 0 Å². The largest absolute Gasteiger partial charge is 0.503 e. The molecule has 8 fully saturated rings. The molecule has 140 valence electrons. The molecule has 8 saturated carbocycles. The van der Waals surface area contributed by atoms with Crippen LogP contribution in [0, 0.1) is 52.3 Å². The lowest BCUT2D eigenvalue weighted by Gasteiger charge is -2.72. The Balaban J connectivity index is 0.000000321. The summed E-state index contributed by atoms with van der Waals surface area (Å²) >= 11 is 0. The van der Waals surface area contributed by atoms with E-state index in [1.165, 1.54) is 0 Å². The summed E-state index contributed by atoms with van der Waals surface area (Å²) in [5.74, 6) is 7.94. The van der Waals surface area contributed by atoms with Gasteiger partial charge in [-0.05, 0) is 123 Å². The van der Waals surface area contributed by atoms with Gasteiger partial charge in [0.15, 0.2) is 0 Å². The minimum absolute atomic E-state index is 0.817. The van der Waals surface area contributed by atoms with Gasteiger partial charge in [0.05, 0.1) is 0 Å². The molecule has 3 nitrogen and oxygen atoms in total. The maximum absolute atomic E-state index is 8.56. The molecule has 2 N–H and O–H groups in total. The molecule has 8 aliphatic rings. The monoisotopic (exact) mass is 346 g/mol. The summed E-state index contributed by atoms with van der Waals surface area (Å²) in [5, 5.41) is 13.9. The molecule has 3 atom stereocenters. The molecule has 0 heterocycles. The van der Waals surface area contributed by atoms with Gasteiger partial charge in [-0.2, -0.15) is 0 Å². The van der Waals surface area contributed by atoms with Gasteiger partial charge in [0.2, 0.25) is 0 Å². The molecule has 8 rings (SSSR count). The Morgan fingerprint density at radius 1 is 0.720 bits per heavy atom. The maximum Gasteiger partial charge on any atom is 0.503 e. The molecule has 0 aromatic heterocycles. The molecular formula is C22H34O3. The average molecular weight is 347 g/mol. The highest BCUT2D eigenvalue weighted by atomic mass is 16.6. The van der Waals surface area contributed by atoms with E-state index in [9.17, 15) is 0 Å². The van der Waals surface area contributed by atoms with Crippen LogP contribution < -0.4 is 0 Å². The molecule has 8 bridgehead atoms. The summed E-state index contributed by atoms with van der Waals surface area (Å²) in [6.45, 7) is 2.71. The second-order valence-electron chi connectivity index (χ2n) is 11.0. The van der Waals surface area contributed by atoms with Crippen LogP contribution in [-0.2, 0) is 0 Å². The van der Waals surface area contributed by atoms with Gasteiger partial charge in [0, 0.05) is 0 Å². The van der Waals surface area contributed by atoms with Crippen molar-refractivity contribution in [3.8, 4) is 0 Å². The van der Waals surface area contributed by atoms with E-state index in [1.807, 2.05) is 0 Å². The molecule has 0 radical (unpaired) electrons. The van der Waals surface area contributed by atoms with Crippen molar-refractivity contribution >= 4 is 6.16 Å². The van der Waals surface area contributed by atoms with Crippen molar-refractivity contribution < 1.29 is 15.0 Å². The topological polar surface area (TPSA) is 57.5 Å². The number of carboxylic acid groups (broad SMARTS) is 2. The van der Waals surface area contributed by atoms with E-state index in [4.69, 9.17) is 15.0 Å². The first-order chi connectivity index (χ1) is 11.9. The van der Waals surface area contributed by atoms with Crippen LogP contribution in [0.25, 0.3) is 0 Å². The van der Waals surface area contributed by atoms with Crippen molar-refractivity contribution in [2.24, 2.45) is 52.3 Å². The average Bonchev–Trinajstić information content (AvgIpc) is 2.49. The van der Waals surface area contributed by atoms with Crippen LogP contribution in [0.5, 0.6) is 0 Å². The molecule has 0 spiro atoms. The van der Waals surface area contributed by atoms with E-state index in [2.05, 4.69) is 6.92 Å². The third-order valence-corrected chi connectivity index (χ3v) is 9.92. The number of carbonyl (C=O) groups is 1. The smallest absolute Gasteiger partial charge is 0.450 e. The predicted molar refractivity (Wildman–Crippen MR) is 96.4 cm³/mol. The highest BCUT2D eigenvalue weighted by molar-refractivity contribution is 5.53. The van der Waals surface area contributed by atoms with Gasteiger partial charge in [-0.15, -0.1) is 0 Å². The van der Waals surface area contributed by atoms with E-state index in [0.717, 1.165) is 52.3 Å². The molecule has 0 aromatic carbocycles. The van der Waals surface area contributed by atoms with E-state index in [-0.39, 0.29) is 0 Å². The molecule has 3 unspecified atom stereocenters. The Labute approximate surface area is 151 Å². The lowest BCUT2D eigenvalue weighted by molar-refractivity contribution is -0.227. The maximum atomic E-state index is 8.56. The Bertz CT molecular complexity index is 514. The molecule has 0 saturated heterocycles. The Hall–Kier alpha value is -0.730. The van der Waals surface area contributed by atoms with Gasteiger partial charge in [0.1, 0.15) is 0 Å². The van der Waals surface area contributed by atoms with E-state index >= 15 is 0 Å². The van der Waals surface area contributed by atoms with Crippen molar-refractivity contribution in [1.82, 2.24) is 0 Å². The SMILES string of the molecule is CC1C2CC3CC(C2)CC1(C12CC4CC(CC(C4)C1)C2)C3.O=C(O)O. The van der Waals surface area contributed by atoms with Crippen LogP contribution in [0.4, 0.5) is 4.79 Å². The van der Waals surface area contributed by atoms with Gasteiger partial charge in [-0.3, -0.25) is 0 Å². The van der Waals surface area contributed by atoms with Gasteiger partial charge >= 0.3 is 6.16 Å². The van der Waals surface area contributed by atoms with E-state index < -0.39 is 6.16 Å². The molecule has 8 aliphatic carbocycles. The van der Waals surface area contributed by atoms with E-state index in [1.54, 1.807) is 70.6 Å². The fraction of sp³-hybridized carbons (Fsp3) is 0.955. The second kappa shape index (κ2) is 5.39. The lowest BCUT2D eigenvalue weighted by atomic mass is 9.33. The third-order valence-electron chi connectivity index (χ3n) is 9.92. The van der Waals surface area contributed by atoms with Crippen molar-refractivity contribution in [3.05, 3.63) is 0 Å². The quantitative estimate of drug-likeness (QED) is 0.622. The van der Waals surface area contributed by atoms with Gasteiger partial charge in [0.25, 0.3) is 0 Å². The lowest BCUT2D eigenvalue weighted by Crippen LogP contribution is -2.63. The first-order valence-electron chi connectivity index (χ1n) is 10.8. The molecular weight excluding hydrogens is 312 g/mol. The Kier molecular flexibility index (Phi) is 3.55. The summed E-state index contributed by atoms with van der Waals surface area (Å²) < 4.78 is 0. The molecule has 25 heavy (non-hydrogen) atoms. The predicted octanol–water partition coefficient (Wildman–Crippen LogP) is 5.89. The van der Waals surface area contributed by atoms with Crippen molar-refractivity contribution in [3.63, 3.8) is 0 Å². The Morgan fingerprint density at radius 2 is 1.08 bits per heavy atom. The first kappa shape index (κ1) is 16.4. The fourth-order valence-electron chi connectivity index (χ4n) is 9.93. The highest BCUT2D eigenvalue weighted by Gasteiger charge is 2.67. The molecule has 0 amide bonds. The Morgan fingerprint density at radius 3 is 1.48 bits per heavy atom.